The molecule has 0 spiro atoms. The van der Waals surface area contributed by atoms with Crippen molar-refractivity contribution >= 4 is 11.8 Å². The number of esters is 1. The minimum Gasteiger partial charge on any atom is -0.493 e. The summed E-state index contributed by atoms with van der Waals surface area (Å²) in [7, 11) is 4.62. The summed E-state index contributed by atoms with van der Waals surface area (Å²) in [5, 5.41) is 3.36. The van der Waals surface area contributed by atoms with Crippen molar-refractivity contribution in [3.8, 4) is 17.2 Å². The van der Waals surface area contributed by atoms with E-state index in [4.69, 9.17) is 23.7 Å². The van der Waals surface area contributed by atoms with E-state index in [1.54, 1.807) is 13.2 Å². The van der Waals surface area contributed by atoms with Crippen molar-refractivity contribution < 1.29 is 33.3 Å². The van der Waals surface area contributed by atoms with Crippen LogP contribution in [0.5, 0.6) is 17.2 Å². The first-order chi connectivity index (χ1) is 16.7. The molecule has 0 unspecified atom stereocenters. The molecule has 0 saturated carbocycles. The molecular weight excluding hydrogens is 450 g/mol. The summed E-state index contributed by atoms with van der Waals surface area (Å²) in [5.41, 5.74) is 2.92. The van der Waals surface area contributed by atoms with Crippen LogP contribution in [0.4, 0.5) is 0 Å². The quantitative estimate of drug-likeness (QED) is 0.579. The molecule has 4 rings (SSSR count). The van der Waals surface area contributed by atoms with Crippen LogP contribution in [-0.4, -0.2) is 52.4 Å². The van der Waals surface area contributed by atoms with Crippen LogP contribution >= 0.6 is 0 Å². The molecule has 8 nitrogen and oxygen atoms in total. The lowest BCUT2D eigenvalue weighted by Crippen LogP contribution is -2.39. The van der Waals surface area contributed by atoms with Gasteiger partial charge < -0.3 is 29.0 Å². The van der Waals surface area contributed by atoms with Gasteiger partial charge in [0.25, 0.3) is 0 Å². The van der Waals surface area contributed by atoms with Gasteiger partial charge in [-0.1, -0.05) is 19.9 Å². The first kappa shape index (κ1) is 25.1. The second-order valence-corrected chi connectivity index (χ2v) is 10.1. The highest BCUT2D eigenvalue weighted by atomic mass is 16.6. The van der Waals surface area contributed by atoms with Crippen molar-refractivity contribution in [3.05, 3.63) is 40.2 Å². The number of methoxy groups -OCH3 is 3. The van der Waals surface area contributed by atoms with Gasteiger partial charge in [-0.3, -0.25) is 4.79 Å². The maximum atomic E-state index is 13.6. The molecule has 8 heteroatoms. The van der Waals surface area contributed by atoms with E-state index < -0.39 is 11.9 Å². The summed E-state index contributed by atoms with van der Waals surface area (Å²) in [6.07, 6.45) is 2.79. The fourth-order valence-corrected chi connectivity index (χ4v) is 5.39. The average molecular weight is 486 g/mol. The number of allylic oxidation sites excluding steroid dienone is 3. The molecular formula is C27H35NO7. The number of hydrogen-bond acceptors (Lipinski definition) is 8. The third kappa shape index (κ3) is 4.76. The molecule has 3 aliphatic rings. The van der Waals surface area contributed by atoms with Gasteiger partial charge in [-0.25, -0.2) is 4.79 Å². The molecule has 1 aliphatic carbocycles. The number of Topliss-reactive ketones (excluding diaryl/α,β-unsaturated/α-hetero) is 1. The van der Waals surface area contributed by atoms with Gasteiger partial charge in [-0.15, -0.1) is 0 Å². The minimum atomic E-state index is -0.665. The Morgan fingerprint density at radius 2 is 1.86 bits per heavy atom. The Morgan fingerprint density at radius 3 is 2.49 bits per heavy atom. The smallest absolute Gasteiger partial charge is 0.336 e. The number of carbonyl (C=O) groups is 2. The summed E-state index contributed by atoms with van der Waals surface area (Å²) in [5.74, 6) is 0.179. The molecule has 2 aliphatic heterocycles. The van der Waals surface area contributed by atoms with Gasteiger partial charge in [-0.05, 0) is 37.7 Å². The summed E-state index contributed by atoms with van der Waals surface area (Å²) in [4.78, 5) is 27.1. The van der Waals surface area contributed by atoms with Gasteiger partial charge in [0, 0.05) is 35.6 Å². The highest BCUT2D eigenvalue weighted by Crippen LogP contribution is 2.51. The highest BCUT2D eigenvalue weighted by Gasteiger charge is 2.44. The molecule has 1 N–H and O–H groups in total. The maximum Gasteiger partial charge on any atom is 0.336 e. The van der Waals surface area contributed by atoms with E-state index in [2.05, 4.69) is 19.2 Å². The van der Waals surface area contributed by atoms with Gasteiger partial charge in [0.15, 0.2) is 17.3 Å². The van der Waals surface area contributed by atoms with E-state index in [0.717, 1.165) is 18.5 Å². The molecule has 190 valence electrons. The summed E-state index contributed by atoms with van der Waals surface area (Å²) < 4.78 is 28.2. The Balaban J connectivity index is 1.84. The Hall–Kier alpha value is -3.00. The molecule has 1 aromatic rings. The van der Waals surface area contributed by atoms with Gasteiger partial charge in [-0.2, -0.15) is 0 Å². The zero-order valence-electron chi connectivity index (χ0n) is 21.4. The van der Waals surface area contributed by atoms with Gasteiger partial charge in [0.05, 0.1) is 38.9 Å². The van der Waals surface area contributed by atoms with E-state index in [0.29, 0.717) is 59.1 Å². The number of dihydropyridines is 1. The zero-order valence-corrected chi connectivity index (χ0v) is 21.4. The fourth-order valence-electron chi connectivity index (χ4n) is 5.39. The third-order valence-electron chi connectivity index (χ3n) is 6.93. The lowest BCUT2D eigenvalue weighted by molar-refractivity contribution is -0.142. The summed E-state index contributed by atoms with van der Waals surface area (Å²) >= 11 is 0. The number of benzene rings is 1. The van der Waals surface area contributed by atoms with Gasteiger partial charge in [0.2, 0.25) is 5.75 Å². The van der Waals surface area contributed by atoms with E-state index in [9.17, 15) is 9.59 Å². The molecule has 35 heavy (non-hydrogen) atoms. The Labute approximate surface area is 206 Å². The SMILES string of the molecule is COc1ccc([C@@H]2C(C(=O)OC[C@@H]3CCCO3)=C(C)NC3=C2C(=O)CC(C)(C)C3)c(OC)c1OC. The Kier molecular flexibility index (Phi) is 7.12. The van der Waals surface area contributed by atoms with Crippen LogP contribution in [0, 0.1) is 5.41 Å². The molecule has 0 aromatic heterocycles. The number of ether oxygens (including phenoxy) is 5. The Bertz CT molecular complexity index is 1080. The van der Waals surface area contributed by atoms with Gasteiger partial charge >= 0.3 is 5.97 Å². The lowest BCUT2D eigenvalue weighted by Gasteiger charge is -2.39. The first-order valence-corrected chi connectivity index (χ1v) is 12.0. The van der Waals surface area contributed by atoms with Gasteiger partial charge in [0.1, 0.15) is 6.61 Å². The van der Waals surface area contributed by atoms with E-state index in [-0.39, 0.29) is 23.9 Å². The normalized spacial score (nSPS) is 23.5. The van der Waals surface area contributed by atoms with Crippen LogP contribution in [-0.2, 0) is 19.1 Å². The van der Waals surface area contributed by atoms with Crippen molar-refractivity contribution in [3.63, 3.8) is 0 Å². The predicted octanol–water partition coefficient (Wildman–Crippen LogP) is 4.04. The number of ketones is 1. The maximum absolute atomic E-state index is 13.6. The third-order valence-corrected chi connectivity index (χ3v) is 6.93. The molecule has 1 fully saturated rings. The standard InChI is InChI=1S/C27H35NO7/c1-15-21(26(30)35-14-16-8-7-11-34-16)22(23-18(28-15)12-27(2,3)13-19(23)29)17-9-10-20(31-4)25(33-6)24(17)32-5/h9-10,16,22,28H,7-8,11-14H2,1-6H3/t16-,22+/m0/s1. The second kappa shape index (κ2) is 9.93. The topological polar surface area (TPSA) is 92.3 Å². The minimum absolute atomic E-state index is 0.00233. The predicted molar refractivity (Wildman–Crippen MR) is 130 cm³/mol. The summed E-state index contributed by atoms with van der Waals surface area (Å²) in [6.45, 7) is 6.86. The van der Waals surface area contributed by atoms with Crippen LogP contribution in [0.2, 0.25) is 0 Å². The number of hydrogen-bond donors (Lipinski definition) is 1. The molecule has 1 saturated heterocycles. The van der Waals surface area contributed by atoms with E-state index >= 15 is 0 Å². The number of rotatable bonds is 7. The monoisotopic (exact) mass is 485 g/mol. The number of carbonyl (C=O) groups excluding carboxylic acids is 2. The summed E-state index contributed by atoms with van der Waals surface area (Å²) in [6, 6.07) is 3.59. The second-order valence-electron chi connectivity index (χ2n) is 10.1. The van der Waals surface area contributed by atoms with Crippen molar-refractivity contribution in [2.45, 2.75) is 58.5 Å². The largest absolute Gasteiger partial charge is 0.493 e. The van der Waals surface area contributed by atoms with Crippen molar-refractivity contribution in [2.24, 2.45) is 5.41 Å². The van der Waals surface area contributed by atoms with E-state index in [1.165, 1.54) is 14.2 Å². The molecule has 2 atom stereocenters. The zero-order chi connectivity index (χ0) is 25.3. The van der Waals surface area contributed by atoms with Crippen LogP contribution in [0.3, 0.4) is 0 Å². The molecule has 0 amide bonds. The van der Waals surface area contributed by atoms with E-state index in [1.807, 2.05) is 13.0 Å². The van der Waals surface area contributed by atoms with Crippen molar-refractivity contribution in [1.82, 2.24) is 5.32 Å². The van der Waals surface area contributed by atoms with Crippen LogP contribution in [0.15, 0.2) is 34.7 Å². The lowest BCUT2D eigenvalue weighted by atomic mass is 9.68. The molecule has 0 radical (unpaired) electrons. The molecule has 0 bridgehead atoms. The Morgan fingerprint density at radius 1 is 1.11 bits per heavy atom. The van der Waals surface area contributed by atoms with Crippen LogP contribution in [0.1, 0.15) is 57.9 Å². The van der Waals surface area contributed by atoms with Crippen LogP contribution < -0.4 is 19.5 Å². The average Bonchev–Trinajstić information content (AvgIpc) is 3.33. The number of nitrogens with one attached hydrogen (secondary N) is 1. The first-order valence-electron chi connectivity index (χ1n) is 12.0. The van der Waals surface area contributed by atoms with Crippen molar-refractivity contribution in [2.75, 3.05) is 34.5 Å². The fraction of sp³-hybridized carbons (Fsp3) is 0.556. The molecule has 1 aromatic carbocycles. The highest BCUT2D eigenvalue weighted by molar-refractivity contribution is 6.04. The van der Waals surface area contributed by atoms with Crippen molar-refractivity contribution in [1.29, 1.82) is 0 Å². The molecule has 2 heterocycles. The van der Waals surface area contributed by atoms with Crippen LogP contribution in [0.25, 0.3) is 0 Å².